The van der Waals surface area contributed by atoms with Gasteiger partial charge in [0.1, 0.15) is 5.58 Å². The van der Waals surface area contributed by atoms with Crippen molar-refractivity contribution in [1.82, 2.24) is 0 Å². The van der Waals surface area contributed by atoms with E-state index < -0.39 is 5.97 Å². The van der Waals surface area contributed by atoms with Gasteiger partial charge in [0.25, 0.3) is 0 Å². The Kier molecular flexibility index (Phi) is 4.87. The second kappa shape index (κ2) is 7.08. The lowest BCUT2D eigenvalue weighted by Gasteiger charge is -2.32. The molecule has 3 rings (SSSR count). The molecule has 0 spiro atoms. The maximum atomic E-state index is 12.6. The number of methoxy groups -OCH3 is 1. The molecular weight excluding hydrogens is 326 g/mol. The number of anilines is 1. The largest absolute Gasteiger partial charge is 0.465 e. The zero-order valence-corrected chi connectivity index (χ0v) is 13.9. The van der Waals surface area contributed by atoms with Crippen LogP contribution in [0, 0.1) is 0 Å². The zero-order chi connectivity index (χ0) is 18.0. The molecule has 2 aromatic rings. The van der Waals surface area contributed by atoms with Gasteiger partial charge in [-0.2, -0.15) is 0 Å². The topological polar surface area (TPSA) is 89.2 Å². The van der Waals surface area contributed by atoms with Crippen LogP contribution in [0.15, 0.2) is 34.0 Å². The van der Waals surface area contributed by atoms with Gasteiger partial charge in [-0.05, 0) is 12.1 Å². The zero-order valence-electron chi connectivity index (χ0n) is 13.9. The highest BCUT2D eigenvalue weighted by atomic mass is 16.5. The molecule has 0 amide bonds. The van der Waals surface area contributed by atoms with Gasteiger partial charge in [0.15, 0.2) is 11.3 Å². The van der Waals surface area contributed by atoms with Gasteiger partial charge in [0, 0.05) is 24.7 Å². The third-order valence-electron chi connectivity index (χ3n) is 4.14. The second-order valence-electron chi connectivity index (χ2n) is 5.71. The minimum Gasteiger partial charge on any atom is -0.465 e. The molecule has 1 aromatic carbocycles. The molecule has 0 aliphatic carbocycles. The quantitative estimate of drug-likeness (QED) is 0.838. The van der Waals surface area contributed by atoms with Crippen LogP contribution in [0.5, 0.6) is 0 Å². The third kappa shape index (κ3) is 3.29. The first-order chi connectivity index (χ1) is 12.1. The molecule has 7 nitrogen and oxygen atoms in total. The number of carbonyl (C=O) groups excluding carboxylic acids is 1. The van der Waals surface area contributed by atoms with Gasteiger partial charge >= 0.3 is 5.97 Å². The number of esters is 1. The number of hydrogen-bond acceptors (Lipinski definition) is 7. The van der Waals surface area contributed by atoms with Crippen LogP contribution in [-0.2, 0) is 9.47 Å². The Morgan fingerprint density at radius 3 is 2.96 bits per heavy atom. The molecule has 0 saturated carbocycles. The van der Waals surface area contributed by atoms with Crippen LogP contribution < -0.4 is 10.3 Å². The third-order valence-corrected chi connectivity index (χ3v) is 4.14. The fourth-order valence-electron chi connectivity index (χ4n) is 2.85. The minimum atomic E-state index is -0.535. The van der Waals surface area contributed by atoms with Crippen molar-refractivity contribution in [3.05, 3.63) is 46.1 Å². The number of aliphatic hydroxyl groups is 1. The molecule has 0 unspecified atom stereocenters. The molecule has 0 radical (unpaired) electrons. The highest BCUT2D eigenvalue weighted by Gasteiger charge is 2.23. The van der Waals surface area contributed by atoms with Crippen LogP contribution in [0.3, 0.4) is 0 Å². The molecule has 1 saturated heterocycles. The predicted molar refractivity (Wildman–Crippen MR) is 93.0 cm³/mol. The molecule has 2 heterocycles. The number of hydrogen-bond donors (Lipinski definition) is 1. The first kappa shape index (κ1) is 17.2. The van der Waals surface area contributed by atoms with Crippen LogP contribution in [-0.4, -0.2) is 50.6 Å². The molecule has 1 aliphatic heterocycles. The Balaban J connectivity index is 2.11. The fraction of sp³-hybridized carbons (Fsp3) is 0.333. The maximum absolute atomic E-state index is 12.6. The second-order valence-corrected chi connectivity index (χ2v) is 5.71. The predicted octanol–water partition coefficient (Wildman–Crippen LogP) is 1.42. The van der Waals surface area contributed by atoms with Crippen molar-refractivity contribution in [3.8, 4) is 0 Å². The van der Waals surface area contributed by atoms with Crippen LogP contribution in [0.2, 0.25) is 0 Å². The molecule has 1 aliphatic rings. The Morgan fingerprint density at radius 2 is 2.28 bits per heavy atom. The van der Waals surface area contributed by atoms with E-state index in [9.17, 15) is 14.7 Å². The number of fused-ring (bicyclic) bond motifs is 1. The molecule has 1 fully saturated rings. The van der Waals surface area contributed by atoms with Crippen molar-refractivity contribution in [1.29, 1.82) is 0 Å². The van der Waals surface area contributed by atoms with Crippen molar-refractivity contribution in [2.24, 2.45) is 0 Å². The fourth-order valence-corrected chi connectivity index (χ4v) is 2.85. The Bertz CT molecular complexity index is 872. The smallest absolute Gasteiger partial charge is 0.337 e. The van der Waals surface area contributed by atoms with E-state index in [2.05, 4.69) is 6.58 Å². The molecular formula is C18H19NO6. The van der Waals surface area contributed by atoms with E-state index in [0.717, 1.165) is 0 Å². The average molecular weight is 345 g/mol. The summed E-state index contributed by atoms with van der Waals surface area (Å²) in [6.07, 6.45) is 1.20. The monoisotopic (exact) mass is 345 g/mol. The average Bonchev–Trinajstić information content (AvgIpc) is 2.66. The molecule has 1 atom stereocenters. The van der Waals surface area contributed by atoms with E-state index in [4.69, 9.17) is 13.9 Å². The van der Waals surface area contributed by atoms with E-state index in [1.165, 1.54) is 25.3 Å². The van der Waals surface area contributed by atoms with Crippen LogP contribution in [0.25, 0.3) is 17.0 Å². The van der Waals surface area contributed by atoms with Crippen molar-refractivity contribution < 1.29 is 23.8 Å². The molecule has 7 heteroatoms. The number of rotatable bonds is 4. The van der Waals surface area contributed by atoms with Gasteiger partial charge in [-0.1, -0.05) is 12.7 Å². The van der Waals surface area contributed by atoms with Crippen molar-refractivity contribution in [2.45, 2.75) is 6.10 Å². The first-order valence-corrected chi connectivity index (χ1v) is 7.87. The molecule has 25 heavy (non-hydrogen) atoms. The lowest BCUT2D eigenvalue weighted by atomic mass is 10.1. The number of aliphatic hydroxyl groups excluding tert-OH is 1. The lowest BCUT2D eigenvalue weighted by Crippen LogP contribution is -2.44. The van der Waals surface area contributed by atoms with E-state index in [1.54, 1.807) is 6.07 Å². The summed E-state index contributed by atoms with van der Waals surface area (Å²) in [6.45, 7) is 5.03. The SMILES string of the molecule is C=Cc1cc(C(=O)OC)cc2c(=O)cc(N3CCO[C@H](CO)C3)oc12. The summed E-state index contributed by atoms with van der Waals surface area (Å²) < 4.78 is 16.1. The molecule has 1 N–H and O–H groups in total. The molecule has 132 valence electrons. The Labute approximate surface area is 144 Å². The summed E-state index contributed by atoms with van der Waals surface area (Å²) in [5.74, 6) is -0.138. The summed E-state index contributed by atoms with van der Waals surface area (Å²) in [7, 11) is 1.28. The summed E-state index contributed by atoms with van der Waals surface area (Å²) in [5, 5.41) is 9.55. The van der Waals surface area contributed by atoms with Crippen molar-refractivity contribution >= 4 is 28.9 Å². The van der Waals surface area contributed by atoms with Crippen molar-refractivity contribution in [3.63, 3.8) is 0 Å². The maximum Gasteiger partial charge on any atom is 0.337 e. The van der Waals surface area contributed by atoms with Gasteiger partial charge in [0.2, 0.25) is 0 Å². The van der Waals surface area contributed by atoms with Crippen LogP contribution >= 0.6 is 0 Å². The van der Waals surface area contributed by atoms with Gasteiger partial charge in [-0.25, -0.2) is 4.79 Å². The lowest BCUT2D eigenvalue weighted by molar-refractivity contribution is 0.00256. The highest BCUT2D eigenvalue weighted by Crippen LogP contribution is 2.26. The van der Waals surface area contributed by atoms with Crippen LogP contribution in [0.4, 0.5) is 5.88 Å². The number of morpholine rings is 1. The summed E-state index contributed by atoms with van der Waals surface area (Å²) in [5.41, 5.74) is 0.884. The van der Waals surface area contributed by atoms with Crippen LogP contribution in [0.1, 0.15) is 15.9 Å². The molecule has 1 aromatic heterocycles. The van der Waals surface area contributed by atoms with E-state index in [1.807, 2.05) is 4.90 Å². The number of nitrogens with zero attached hydrogens (tertiary/aromatic N) is 1. The van der Waals surface area contributed by atoms with E-state index in [-0.39, 0.29) is 29.1 Å². The Morgan fingerprint density at radius 1 is 1.48 bits per heavy atom. The van der Waals surface area contributed by atoms with E-state index in [0.29, 0.717) is 36.7 Å². The van der Waals surface area contributed by atoms with E-state index >= 15 is 0 Å². The first-order valence-electron chi connectivity index (χ1n) is 7.87. The van der Waals surface area contributed by atoms with Crippen molar-refractivity contribution in [2.75, 3.05) is 38.3 Å². The standard InChI is InChI=1S/C18H19NO6/c1-3-11-6-12(18(22)23-2)7-14-15(21)8-16(25-17(11)14)19-4-5-24-13(9-19)10-20/h3,6-8,13,20H,1,4-5,9-10H2,2H3/t13-/m0/s1. The van der Waals surface area contributed by atoms with Gasteiger partial charge < -0.3 is 23.9 Å². The Hall–Kier alpha value is -2.64. The number of ether oxygens (including phenoxy) is 2. The van der Waals surface area contributed by atoms with Gasteiger partial charge in [-0.3, -0.25) is 4.79 Å². The summed E-state index contributed by atoms with van der Waals surface area (Å²) in [4.78, 5) is 26.2. The molecule has 0 bridgehead atoms. The minimum absolute atomic E-state index is 0.102. The van der Waals surface area contributed by atoms with Gasteiger partial charge in [0.05, 0.1) is 37.4 Å². The summed E-state index contributed by atoms with van der Waals surface area (Å²) >= 11 is 0. The van der Waals surface area contributed by atoms with Gasteiger partial charge in [-0.15, -0.1) is 0 Å². The highest BCUT2D eigenvalue weighted by molar-refractivity contribution is 5.97. The number of carbonyl (C=O) groups is 1. The summed E-state index contributed by atoms with van der Waals surface area (Å²) in [6, 6.07) is 4.42. The number of benzene rings is 1. The normalized spacial score (nSPS) is 17.5.